The van der Waals surface area contributed by atoms with E-state index in [0.717, 1.165) is 28.7 Å². The number of benzene rings is 1. The predicted molar refractivity (Wildman–Crippen MR) is 115 cm³/mol. The number of anilines is 1. The van der Waals surface area contributed by atoms with Gasteiger partial charge in [0.05, 0.1) is 3.79 Å². The normalized spacial score (nSPS) is 18.6. The number of carbonyl (C=O) groups is 1. The summed E-state index contributed by atoms with van der Waals surface area (Å²) in [5.41, 5.74) is 3.54. The molecule has 2 heterocycles. The Bertz CT molecular complexity index is 979. The number of nitrogens with one attached hydrogen (secondary N) is 1. The molecular weight excluding hydrogens is 460 g/mol. The van der Waals surface area contributed by atoms with E-state index < -0.39 is 10.0 Å². The van der Waals surface area contributed by atoms with Crippen molar-refractivity contribution in [1.82, 2.24) is 4.31 Å². The van der Waals surface area contributed by atoms with Gasteiger partial charge in [-0.3, -0.25) is 4.79 Å². The van der Waals surface area contributed by atoms with Crippen LogP contribution in [0.3, 0.4) is 0 Å². The van der Waals surface area contributed by atoms with E-state index in [4.69, 9.17) is 0 Å². The fourth-order valence-electron chi connectivity index (χ4n) is 4.06. The lowest BCUT2D eigenvalue weighted by Gasteiger charge is -2.30. The third-order valence-corrected chi connectivity index (χ3v) is 9.61. The number of thiophene rings is 1. The van der Waals surface area contributed by atoms with Crippen LogP contribution < -0.4 is 5.32 Å². The average Bonchev–Trinajstić information content (AvgIpc) is 3.15. The van der Waals surface area contributed by atoms with Gasteiger partial charge < -0.3 is 5.32 Å². The predicted octanol–water partition coefficient (Wildman–Crippen LogP) is 4.43. The van der Waals surface area contributed by atoms with Gasteiger partial charge in [0.2, 0.25) is 5.91 Å². The number of fused-ring (bicyclic) bond motifs is 1. The Morgan fingerprint density at radius 2 is 1.86 bits per heavy atom. The third-order valence-electron chi connectivity index (χ3n) is 5.62. The van der Waals surface area contributed by atoms with Crippen LogP contribution in [-0.2, 0) is 27.7 Å². The van der Waals surface area contributed by atoms with Crippen LogP contribution in [0.2, 0.25) is 0 Å². The average molecular weight is 483 g/mol. The Labute approximate surface area is 178 Å². The number of rotatable bonds is 4. The third kappa shape index (κ3) is 4.06. The molecule has 2 aliphatic rings. The summed E-state index contributed by atoms with van der Waals surface area (Å²) in [6.07, 6.45) is 5.55. The molecule has 28 heavy (non-hydrogen) atoms. The first kappa shape index (κ1) is 20.1. The molecule has 0 saturated carbocycles. The van der Waals surface area contributed by atoms with Crippen LogP contribution in [0, 0.1) is 5.92 Å². The number of piperidine rings is 1. The monoisotopic (exact) mass is 482 g/mol. The smallest absolute Gasteiger partial charge is 0.252 e. The molecule has 1 N–H and O–H groups in total. The van der Waals surface area contributed by atoms with E-state index in [1.54, 1.807) is 12.1 Å². The Kier molecular flexibility index (Phi) is 5.92. The van der Waals surface area contributed by atoms with Gasteiger partial charge in [-0.25, -0.2) is 8.42 Å². The lowest BCUT2D eigenvalue weighted by atomic mass is 9.90. The summed E-state index contributed by atoms with van der Waals surface area (Å²) >= 11 is 4.54. The molecule has 0 radical (unpaired) electrons. The van der Waals surface area contributed by atoms with Crippen molar-refractivity contribution in [3.8, 4) is 0 Å². The maximum absolute atomic E-state index is 12.8. The molecule has 2 aromatic rings. The van der Waals surface area contributed by atoms with E-state index in [0.29, 0.717) is 30.1 Å². The zero-order chi connectivity index (χ0) is 19.7. The first-order chi connectivity index (χ1) is 13.4. The van der Waals surface area contributed by atoms with E-state index in [1.165, 1.54) is 33.2 Å². The van der Waals surface area contributed by atoms with Crippen molar-refractivity contribution in [2.24, 2.45) is 5.92 Å². The van der Waals surface area contributed by atoms with Crippen LogP contribution in [0.4, 0.5) is 5.69 Å². The Morgan fingerprint density at radius 1 is 1.11 bits per heavy atom. The van der Waals surface area contributed by atoms with E-state index in [-0.39, 0.29) is 11.8 Å². The van der Waals surface area contributed by atoms with Crippen molar-refractivity contribution in [3.63, 3.8) is 0 Å². The van der Waals surface area contributed by atoms with Gasteiger partial charge >= 0.3 is 0 Å². The standard InChI is InChI=1S/C20H23BrN2O3S2/c21-18-8-9-19(27-18)28(25,26)23-12-10-15(11-13-23)20(24)22-17-7-3-5-14-4-1-2-6-16(14)17/h3,5,7-9,15H,1-2,4,6,10-13H2,(H,22,24). The molecule has 1 aliphatic heterocycles. The Hall–Kier alpha value is -1.22. The minimum Gasteiger partial charge on any atom is -0.326 e. The molecule has 0 bridgehead atoms. The van der Waals surface area contributed by atoms with Gasteiger partial charge in [0.1, 0.15) is 4.21 Å². The number of hydrogen-bond donors (Lipinski definition) is 1. The fraction of sp³-hybridized carbons (Fsp3) is 0.450. The number of sulfonamides is 1. The largest absolute Gasteiger partial charge is 0.326 e. The van der Waals surface area contributed by atoms with Crippen molar-refractivity contribution < 1.29 is 13.2 Å². The van der Waals surface area contributed by atoms with Gasteiger partial charge in [-0.1, -0.05) is 12.1 Å². The molecule has 1 aromatic carbocycles. The highest BCUT2D eigenvalue weighted by Crippen LogP contribution is 2.32. The Balaban J connectivity index is 1.40. The molecule has 1 saturated heterocycles. The molecule has 5 nitrogen and oxygen atoms in total. The van der Waals surface area contributed by atoms with Gasteiger partial charge in [-0.15, -0.1) is 11.3 Å². The quantitative estimate of drug-likeness (QED) is 0.700. The van der Waals surface area contributed by atoms with Gasteiger partial charge in [0, 0.05) is 24.7 Å². The minimum atomic E-state index is -3.47. The molecule has 150 valence electrons. The van der Waals surface area contributed by atoms with Crippen LogP contribution in [0.15, 0.2) is 38.3 Å². The number of nitrogens with zero attached hydrogens (tertiary/aromatic N) is 1. The summed E-state index contributed by atoms with van der Waals surface area (Å²) in [5, 5.41) is 3.12. The minimum absolute atomic E-state index is 0.00916. The van der Waals surface area contributed by atoms with Crippen LogP contribution in [0.5, 0.6) is 0 Å². The van der Waals surface area contributed by atoms with Crippen molar-refractivity contribution in [1.29, 1.82) is 0 Å². The lowest BCUT2D eigenvalue weighted by molar-refractivity contribution is -0.120. The number of amides is 1. The summed E-state index contributed by atoms with van der Waals surface area (Å²) < 4.78 is 28.1. The second kappa shape index (κ2) is 8.26. The molecule has 0 atom stereocenters. The SMILES string of the molecule is O=C(Nc1cccc2c1CCCC2)C1CCN(S(=O)(=O)c2ccc(Br)s2)CC1. The molecule has 1 aromatic heterocycles. The van der Waals surface area contributed by atoms with Gasteiger partial charge in [0.15, 0.2) is 0 Å². The second-order valence-corrected chi connectivity index (χ2v) is 12.0. The van der Waals surface area contributed by atoms with E-state index in [9.17, 15) is 13.2 Å². The zero-order valence-electron chi connectivity index (χ0n) is 15.5. The summed E-state index contributed by atoms with van der Waals surface area (Å²) in [7, 11) is -3.47. The van der Waals surface area contributed by atoms with Gasteiger partial charge in [-0.2, -0.15) is 4.31 Å². The van der Waals surface area contributed by atoms with Crippen molar-refractivity contribution in [2.45, 2.75) is 42.7 Å². The molecule has 4 rings (SSSR count). The van der Waals surface area contributed by atoms with E-state index in [1.807, 2.05) is 12.1 Å². The van der Waals surface area contributed by atoms with Crippen LogP contribution in [-0.4, -0.2) is 31.7 Å². The molecular formula is C20H23BrN2O3S2. The van der Waals surface area contributed by atoms with Crippen molar-refractivity contribution in [2.75, 3.05) is 18.4 Å². The maximum Gasteiger partial charge on any atom is 0.252 e. The first-order valence-electron chi connectivity index (χ1n) is 9.62. The first-order valence-corrected chi connectivity index (χ1v) is 12.7. The number of hydrogen-bond acceptors (Lipinski definition) is 4. The molecule has 8 heteroatoms. The van der Waals surface area contributed by atoms with Crippen LogP contribution in [0.1, 0.15) is 36.8 Å². The van der Waals surface area contributed by atoms with Gasteiger partial charge in [0.25, 0.3) is 10.0 Å². The van der Waals surface area contributed by atoms with E-state index >= 15 is 0 Å². The van der Waals surface area contributed by atoms with Gasteiger partial charge in [-0.05, 0) is 83.8 Å². The Morgan fingerprint density at radius 3 is 2.57 bits per heavy atom. The maximum atomic E-state index is 12.8. The molecule has 1 aliphatic carbocycles. The van der Waals surface area contributed by atoms with E-state index in [2.05, 4.69) is 27.3 Å². The second-order valence-electron chi connectivity index (χ2n) is 7.38. The number of carbonyl (C=O) groups excluding carboxylic acids is 1. The summed E-state index contributed by atoms with van der Waals surface area (Å²) in [6.45, 7) is 0.756. The summed E-state index contributed by atoms with van der Waals surface area (Å²) in [4.78, 5) is 12.8. The highest BCUT2D eigenvalue weighted by Gasteiger charge is 2.33. The van der Waals surface area contributed by atoms with Crippen molar-refractivity contribution in [3.05, 3.63) is 45.2 Å². The lowest BCUT2D eigenvalue weighted by Crippen LogP contribution is -2.41. The summed E-state index contributed by atoms with van der Waals surface area (Å²) in [5.74, 6) is -0.143. The fourth-order valence-corrected chi connectivity index (χ4v) is 7.69. The number of aryl methyl sites for hydroxylation is 1. The molecule has 1 fully saturated rings. The summed E-state index contributed by atoms with van der Waals surface area (Å²) in [6, 6.07) is 9.51. The van der Waals surface area contributed by atoms with Crippen LogP contribution in [0.25, 0.3) is 0 Å². The van der Waals surface area contributed by atoms with Crippen LogP contribution >= 0.6 is 27.3 Å². The highest BCUT2D eigenvalue weighted by atomic mass is 79.9. The highest BCUT2D eigenvalue weighted by molar-refractivity contribution is 9.11. The zero-order valence-corrected chi connectivity index (χ0v) is 18.7. The molecule has 1 amide bonds. The van der Waals surface area contributed by atoms with Crippen molar-refractivity contribution >= 4 is 48.9 Å². The molecule has 0 unspecified atom stereocenters. The topological polar surface area (TPSA) is 66.5 Å². The molecule has 0 spiro atoms. The number of halogens is 1.